The molecule has 0 spiro atoms. The second kappa shape index (κ2) is 5.41. The third kappa shape index (κ3) is 2.75. The largest absolute Gasteiger partial charge is 0.346 e. The summed E-state index contributed by atoms with van der Waals surface area (Å²) in [5.74, 6) is 0.639. The highest BCUT2D eigenvalue weighted by molar-refractivity contribution is 7.10. The van der Waals surface area contributed by atoms with Crippen LogP contribution in [-0.4, -0.2) is 12.5 Å². The Morgan fingerprint density at radius 2 is 2.33 bits per heavy atom. The van der Waals surface area contributed by atoms with E-state index in [0.717, 1.165) is 19.3 Å². The third-order valence-electron chi connectivity index (χ3n) is 3.87. The van der Waals surface area contributed by atoms with Gasteiger partial charge in [-0.1, -0.05) is 12.5 Å². The average Bonchev–Trinajstić information content (AvgIpc) is 2.99. The molecule has 1 aliphatic rings. The Labute approximate surface area is 113 Å². The smallest absolute Gasteiger partial charge is 0.224 e. The summed E-state index contributed by atoms with van der Waals surface area (Å²) in [7, 11) is 0. The van der Waals surface area contributed by atoms with E-state index in [1.807, 2.05) is 11.4 Å². The lowest BCUT2D eigenvalue weighted by Gasteiger charge is -2.28. The summed E-state index contributed by atoms with van der Waals surface area (Å²) in [6, 6.07) is 4.09. The molecule has 18 heavy (non-hydrogen) atoms. The molecule has 0 aromatic carbocycles. The number of hydrogen-bond acceptors (Lipinski definition) is 3. The highest BCUT2D eigenvalue weighted by atomic mass is 32.1. The van der Waals surface area contributed by atoms with Crippen molar-refractivity contribution in [2.45, 2.75) is 38.6 Å². The monoisotopic (exact) mass is 266 g/mol. The molecule has 2 atom stereocenters. The van der Waals surface area contributed by atoms with Gasteiger partial charge in [-0.05, 0) is 50.6 Å². The Kier molecular flexibility index (Phi) is 4.07. The van der Waals surface area contributed by atoms with Gasteiger partial charge in [0.05, 0.1) is 5.54 Å². The first-order valence-corrected chi connectivity index (χ1v) is 7.48. The van der Waals surface area contributed by atoms with E-state index in [4.69, 9.17) is 5.73 Å². The lowest BCUT2D eigenvalue weighted by Crippen LogP contribution is -2.45. The molecule has 1 saturated carbocycles. The van der Waals surface area contributed by atoms with E-state index in [2.05, 4.69) is 25.2 Å². The Morgan fingerprint density at radius 1 is 1.56 bits per heavy atom. The molecule has 1 amide bonds. The van der Waals surface area contributed by atoms with E-state index < -0.39 is 0 Å². The van der Waals surface area contributed by atoms with Crippen molar-refractivity contribution in [1.29, 1.82) is 0 Å². The average molecular weight is 266 g/mol. The summed E-state index contributed by atoms with van der Waals surface area (Å²) in [5.41, 5.74) is 5.46. The quantitative estimate of drug-likeness (QED) is 0.879. The number of carbonyl (C=O) groups excluding carboxylic acids is 1. The molecule has 2 rings (SSSR count). The van der Waals surface area contributed by atoms with Crippen molar-refractivity contribution in [2.24, 2.45) is 17.6 Å². The summed E-state index contributed by atoms with van der Waals surface area (Å²) in [5, 5.41) is 5.22. The molecule has 1 aliphatic carbocycles. The minimum atomic E-state index is -0.285. The van der Waals surface area contributed by atoms with Crippen molar-refractivity contribution in [1.82, 2.24) is 5.32 Å². The lowest BCUT2D eigenvalue weighted by atomic mass is 9.93. The van der Waals surface area contributed by atoms with Gasteiger partial charge in [-0.3, -0.25) is 4.79 Å². The molecule has 100 valence electrons. The van der Waals surface area contributed by atoms with E-state index in [1.165, 1.54) is 4.88 Å². The fraction of sp³-hybridized carbons (Fsp3) is 0.643. The van der Waals surface area contributed by atoms with Crippen LogP contribution in [0.1, 0.15) is 38.0 Å². The predicted molar refractivity (Wildman–Crippen MR) is 75.4 cm³/mol. The van der Waals surface area contributed by atoms with E-state index in [-0.39, 0.29) is 17.4 Å². The maximum atomic E-state index is 12.4. The van der Waals surface area contributed by atoms with E-state index in [0.29, 0.717) is 12.5 Å². The Morgan fingerprint density at radius 3 is 2.94 bits per heavy atom. The van der Waals surface area contributed by atoms with Crippen molar-refractivity contribution < 1.29 is 4.79 Å². The SMILES string of the molecule is CC(C)(NC(=O)[C@@H]1CCC[C@@H]1CN)c1cccs1. The van der Waals surface area contributed by atoms with Gasteiger partial charge in [0.2, 0.25) is 5.91 Å². The third-order valence-corrected chi connectivity index (χ3v) is 5.07. The molecule has 3 N–H and O–H groups in total. The van der Waals surface area contributed by atoms with Gasteiger partial charge in [-0.25, -0.2) is 0 Å². The van der Waals surface area contributed by atoms with Crippen LogP contribution in [-0.2, 0) is 10.3 Å². The molecule has 0 saturated heterocycles. The molecule has 4 heteroatoms. The minimum Gasteiger partial charge on any atom is -0.346 e. The second-order valence-corrected chi connectivity index (χ2v) is 6.57. The number of nitrogens with one attached hydrogen (secondary N) is 1. The zero-order valence-electron chi connectivity index (χ0n) is 11.1. The maximum absolute atomic E-state index is 12.4. The number of hydrogen-bond donors (Lipinski definition) is 2. The number of rotatable bonds is 4. The zero-order chi connectivity index (χ0) is 13.2. The van der Waals surface area contributed by atoms with Gasteiger partial charge in [0, 0.05) is 10.8 Å². The molecule has 1 aromatic rings. The molecule has 1 heterocycles. The fourth-order valence-corrected chi connectivity index (χ4v) is 3.57. The number of amides is 1. The topological polar surface area (TPSA) is 55.1 Å². The summed E-state index contributed by atoms with van der Waals surface area (Å²) >= 11 is 1.68. The van der Waals surface area contributed by atoms with Crippen molar-refractivity contribution >= 4 is 17.2 Å². The first-order valence-electron chi connectivity index (χ1n) is 6.60. The highest BCUT2D eigenvalue weighted by Crippen LogP contribution is 2.32. The molecule has 1 fully saturated rings. The second-order valence-electron chi connectivity index (χ2n) is 5.62. The van der Waals surface area contributed by atoms with E-state index in [9.17, 15) is 4.79 Å². The van der Waals surface area contributed by atoms with Gasteiger partial charge in [0.1, 0.15) is 0 Å². The minimum absolute atomic E-state index is 0.106. The van der Waals surface area contributed by atoms with E-state index in [1.54, 1.807) is 11.3 Å². The molecule has 0 aliphatic heterocycles. The highest BCUT2D eigenvalue weighted by Gasteiger charge is 2.35. The molecule has 1 aromatic heterocycles. The Balaban J connectivity index is 2.03. The standard InChI is InChI=1S/C14H22N2OS/c1-14(2,12-7-4-8-18-12)16-13(17)11-6-3-5-10(11)9-15/h4,7-8,10-11H,3,5-6,9,15H2,1-2H3,(H,16,17)/t10-,11-/m1/s1. The van der Waals surface area contributed by atoms with Gasteiger partial charge in [0.15, 0.2) is 0 Å². The molecule has 0 unspecified atom stereocenters. The lowest BCUT2D eigenvalue weighted by molar-refractivity contribution is -0.127. The number of carbonyl (C=O) groups is 1. The van der Waals surface area contributed by atoms with Crippen LogP contribution >= 0.6 is 11.3 Å². The van der Waals surface area contributed by atoms with Crippen molar-refractivity contribution in [3.05, 3.63) is 22.4 Å². The molecule has 0 bridgehead atoms. The first kappa shape index (κ1) is 13.6. The number of thiophene rings is 1. The Hall–Kier alpha value is -0.870. The van der Waals surface area contributed by atoms with Gasteiger partial charge in [-0.2, -0.15) is 0 Å². The normalized spacial score (nSPS) is 24.2. The summed E-state index contributed by atoms with van der Waals surface area (Å²) in [6.45, 7) is 4.74. The summed E-state index contributed by atoms with van der Waals surface area (Å²) in [4.78, 5) is 13.6. The summed E-state index contributed by atoms with van der Waals surface area (Å²) < 4.78 is 0. The number of nitrogens with two attached hydrogens (primary N) is 1. The molecule has 0 radical (unpaired) electrons. The zero-order valence-corrected chi connectivity index (χ0v) is 11.9. The van der Waals surface area contributed by atoms with Crippen molar-refractivity contribution in [3.8, 4) is 0 Å². The van der Waals surface area contributed by atoms with Crippen LogP contribution < -0.4 is 11.1 Å². The van der Waals surface area contributed by atoms with Gasteiger partial charge in [-0.15, -0.1) is 11.3 Å². The van der Waals surface area contributed by atoms with E-state index >= 15 is 0 Å². The molecular weight excluding hydrogens is 244 g/mol. The molecule has 3 nitrogen and oxygen atoms in total. The van der Waals surface area contributed by atoms with Crippen LogP contribution in [0, 0.1) is 11.8 Å². The van der Waals surface area contributed by atoms with Crippen molar-refractivity contribution in [2.75, 3.05) is 6.54 Å². The fourth-order valence-electron chi connectivity index (χ4n) is 2.76. The Bertz CT molecular complexity index is 400. The van der Waals surface area contributed by atoms with Crippen LogP contribution in [0.4, 0.5) is 0 Å². The predicted octanol–water partition coefficient (Wildman–Crippen LogP) is 2.47. The van der Waals surface area contributed by atoms with Gasteiger partial charge in [0.25, 0.3) is 0 Å². The maximum Gasteiger partial charge on any atom is 0.224 e. The van der Waals surface area contributed by atoms with Crippen LogP contribution in [0.2, 0.25) is 0 Å². The first-order chi connectivity index (χ1) is 8.54. The van der Waals surface area contributed by atoms with Crippen molar-refractivity contribution in [3.63, 3.8) is 0 Å². The van der Waals surface area contributed by atoms with Crippen LogP contribution in [0.3, 0.4) is 0 Å². The van der Waals surface area contributed by atoms with Crippen LogP contribution in [0.15, 0.2) is 17.5 Å². The van der Waals surface area contributed by atoms with Crippen LogP contribution in [0.5, 0.6) is 0 Å². The van der Waals surface area contributed by atoms with Crippen LogP contribution in [0.25, 0.3) is 0 Å². The summed E-state index contributed by atoms with van der Waals surface area (Å²) in [6.07, 6.45) is 3.20. The molecular formula is C14H22N2OS. The van der Waals surface area contributed by atoms with Gasteiger partial charge < -0.3 is 11.1 Å². The van der Waals surface area contributed by atoms with Gasteiger partial charge >= 0.3 is 0 Å².